The van der Waals surface area contributed by atoms with E-state index in [0.29, 0.717) is 6.61 Å². The number of hydrogen-bond donors (Lipinski definition) is 0. The second kappa shape index (κ2) is 8.49. The molecule has 1 atom stereocenters. The summed E-state index contributed by atoms with van der Waals surface area (Å²) < 4.78 is 6.27. The van der Waals surface area contributed by atoms with Gasteiger partial charge in [0.05, 0.1) is 12.7 Å². The van der Waals surface area contributed by atoms with Crippen LogP contribution in [-0.2, 0) is 11.3 Å². The van der Waals surface area contributed by atoms with Gasteiger partial charge in [-0.05, 0) is 49.2 Å². The van der Waals surface area contributed by atoms with Crippen molar-refractivity contribution in [3.05, 3.63) is 70.7 Å². The third-order valence-electron chi connectivity index (χ3n) is 4.41. The molecule has 0 radical (unpaired) electrons. The second-order valence-electron chi connectivity index (χ2n) is 6.20. The highest BCUT2D eigenvalue weighted by molar-refractivity contribution is 6.30. The zero-order valence-corrected chi connectivity index (χ0v) is 14.2. The summed E-state index contributed by atoms with van der Waals surface area (Å²) in [6.45, 7) is 3.96. The number of benzene rings is 2. The van der Waals surface area contributed by atoms with Crippen molar-refractivity contribution >= 4 is 11.6 Å². The quantitative estimate of drug-likeness (QED) is 0.732. The highest BCUT2D eigenvalue weighted by Crippen LogP contribution is 2.23. The van der Waals surface area contributed by atoms with Crippen LogP contribution in [0.25, 0.3) is 0 Å². The number of rotatable bonds is 6. The van der Waals surface area contributed by atoms with Crippen molar-refractivity contribution in [3.63, 3.8) is 0 Å². The van der Waals surface area contributed by atoms with Gasteiger partial charge in [-0.3, -0.25) is 0 Å². The van der Waals surface area contributed by atoms with E-state index in [1.54, 1.807) is 0 Å². The van der Waals surface area contributed by atoms with Crippen molar-refractivity contribution in [1.29, 1.82) is 0 Å². The lowest BCUT2D eigenvalue weighted by Gasteiger charge is -2.30. The van der Waals surface area contributed by atoms with Crippen molar-refractivity contribution in [2.75, 3.05) is 19.6 Å². The number of likely N-dealkylation sites (tertiary alicyclic amines) is 1. The summed E-state index contributed by atoms with van der Waals surface area (Å²) in [7, 11) is 0. The van der Waals surface area contributed by atoms with Gasteiger partial charge in [-0.15, -0.1) is 0 Å². The topological polar surface area (TPSA) is 12.5 Å². The van der Waals surface area contributed by atoms with Crippen LogP contribution in [0.3, 0.4) is 0 Å². The van der Waals surface area contributed by atoms with Crippen LogP contribution in [0, 0.1) is 0 Å². The Morgan fingerprint density at radius 1 is 0.913 bits per heavy atom. The van der Waals surface area contributed by atoms with E-state index in [-0.39, 0.29) is 6.10 Å². The van der Waals surface area contributed by atoms with Crippen molar-refractivity contribution in [2.45, 2.75) is 32.0 Å². The van der Waals surface area contributed by atoms with Crippen LogP contribution in [-0.4, -0.2) is 24.5 Å². The first-order valence-electron chi connectivity index (χ1n) is 8.44. The Morgan fingerprint density at radius 3 is 2.30 bits per heavy atom. The van der Waals surface area contributed by atoms with Crippen molar-refractivity contribution in [2.24, 2.45) is 0 Å². The zero-order valence-electron chi connectivity index (χ0n) is 13.5. The Kier molecular flexibility index (Phi) is 6.09. The lowest BCUT2D eigenvalue weighted by Crippen LogP contribution is -2.34. The Balaban J connectivity index is 1.65. The first-order chi connectivity index (χ1) is 11.3. The van der Waals surface area contributed by atoms with Crippen molar-refractivity contribution < 1.29 is 4.74 Å². The molecule has 1 aliphatic heterocycles. The molecule has 1 saturated heterocycles. The lowest BCUT2D eigenvalue weighted by atomic mass is 10.1. The number of halogens is 1. The fourth-order valence-electron chi connectivity index (χ4n) is 3.08. The normalized spacial score (nSPS) is 17.1. The summed E-state index contributed by atoms with van der Waals surface area (Å²) in [4.78, 5) is 2.53. The van der Waals surface area contributed by atoms with Crippen LogP contribution in [0.15, 0.2) is 54.6 Å². The van der Waals surface area contributed by atoms with Gasteiger partial charge in [0.25, 0.3) is 0 Å². The minimum atomic E-state index is 0.116. The molecule has 3 rings (SSSR count). The van der Waals surface area contributed by atoms with E-state index < -0.39 is 0 Å². The van der Waals surface area contributed by atoms with Gasteiger partial charge in [0.1, 0.15) is 0 Å². The van der Waals surface area contributed by atoms with E-state index in [4.69, 9.17) is 16.3 Å². The van der Waals surface area contributed by atoms with E-state index in [0.717, 1.165) is 17.1 Å². The second-order valence-corrected chi connectivity index (χ2v) is 6.63. The van der Waals surface area contributed by atoms with Gasteiger partial charge in [0.15, 0.2) is 0 Å². The molecule has 1 fully saturated rings. The SMILES string of the molecule is Clc1ccc(COC(CN2CCCCC2)c2ccccc2)cc1. The maximum Gasteiger partial charge on any atom is 0.0956 e. The fourth-order valence-corrected chi connectivity index (χ4v) is 3.20. The van der Waals surface area contributed by atoms with Crippen molar-refractivity contribution in [3.8, 4) is 0 Å². The molecule has 2 nitrogen and oxygen atoms in total. The summed E-state index contributed by atoms with van der Waals surface area (Å²) in [5, 5.41) is 0.765. The average molecular weight is 330 g/mol. The van der Waals surface area contributed by atoms with Crippen LogP contribution in [0.5, 0.6) is 0 Å². The molecule has 3 heteroatoms. The molecule has 0 amide bonds. The van der Waals surface area contributed by atoms with Crippen LogP contribution < -0.4 is 0 Å². The van der Waals surface area contributed by atoms with Gasteiger partial charge in [0.2, 0.25) is 0 Å². The molecule has 1 aliphatic rings. The van der Waals surface area contributed by atoms with Gasteiger partial charge in [-0.25, -0.2) is 0 Å². The van der Waals surface area contributed by atoms with Crippen LogP contribution >= 0.6 is 11.6 Å². The third-order valence-corrected chi connectivity index (χ3v) is 4.66. The van der Waals surface area contributed by atoms with Gasteiger partial charge in [-0.2, -0.15) is 0 Å². The zero-order chi connectivity index (χ0) is 15.9. The Labute approximate surface area is 144 Å². The minimum Gasteiger partial charge on any atom is -0.368 e. The Hall–Kier alpha value is -1.35. The first-order valence-corrected chi connectivity index (χ1v) is 8.82. The fraction of sp³-hybridized carbons (Fsp3) is 0.400. The number of ether oxygens (including phenoxy) is 1. The van der Waals surface area contributed by atoms with Crippen molar-refractivity contribution in [1.82, 2.24) is 4.90 Å². The van der Waals surface area contributed by atoms with E-state index in [1.165, 1.54) is 37.9 Å². The molecule has 0 spiro atoms. The summed E-state index contributed by atoms with van der Waals surface area (Å²) in [5.74, 6) is 0. The van der Waals surface area contributed by atoms with E-state index in [9.17, 15) is 0 Å². The Morgan fingerprint density at radius 2 is 1.61 bits per heavy atom. The van der Waals surface area contributed by atoms with Crippen LogP contribution in [0.2, 0.25) is 5.02 Å². The maximum atomic E-state index is 6.27. The van der Waals surface area contributed by atoms with Crippen LogP contribution in [0.1, 0.15) is 36.5 Å². The number of nitrogens with zero attached hydrogens (tertiary/aromatic N) is 1. The molecule has 1 heterocycles. The highest BCUT2D eigenvalue weighted by atomic mass is 35.5. The molecule has 0 bridgehead atoms. The molecule has 2 aromatic rings. The largest absolute Gasteiger partial charge is 0.368 e. The van der Waals surface area contributed by atoms with E-state index >= 15 is 0 Å². The minimum absolute atomic E-state index is 0.116. The monoisotopic (exact) mass is 329 g/mol. The molecule has 0 aliphatic carbocycles. The molecule has 0 aromatic heterocycles. The van der Waals surface area contributed by atoms with Gasteiger partial charge >= 0.3 is 0 Å². The van der Waals surface area contributed by atoms with Gasteiger partial charge in [0, 0.05) is 11.6 Å². The smallest absolute Gasteiger partial charge is 0.0956 e. The molecular formula is C20H24ClNO. The van der Waals surface area contributed by atoms with Gasteiger partial charge < -0.3 is 9.64 Å². The predicted molar refractivity (Wildman–Crippen MR) is 95.7 cm³/mol. The predicted octanol–water partition coefficient (Wildman–Crippen LogP) is 5.08. The average Bonchev–Trinajstić information content (AvgIpc) is 2.61. The molecule has 2 aromatic carbocycles. The summed E-state index contributed by atoms with van der Waals surface area (Å²) >= 11 is 5.95. The molecule has 0 saturated carbocycles. The van der Waals surface area contributed by atoms with Gasteiger partial charge in [-0.1, -0.05) is 60.5 Å². The van der Waals surface area contributed by atoms with Crippen LogP contribution in [0.4, 0.5) is 0 Å². The number of piperidine rings is 1. The lowest BCUT2D eigenvalue weighted by molar-refractivity contribution is 0.01000. The molecular weight excluding hydrogens is 306 g/mol. The van der Waals surface area contributed by atoms with E-state index in [2.05, 4.69) is 35.2 Å². The molecule has 122 valence electrons. The highest BCUT2D eigenvalue weighted by Gasteiger charge is 2.18. The molecule has 0 N–H and O–H groups in total. The number of hydrogen-bond acceptors (Lipinski definition) is 2. The maximum absolute atomic E-state index is 6.27. The first kappa shape index (κ1) is 16.5. The molecule has 1 unspecified atom stereocenters. The summed E-state index contributed by atoms with van der Waals surface area (Å²) in [5.41, 5.74) is 2.42. The third kappa shape index (κ3) is 5.07. The summed E-state index contributed by atoms with van der Waals surface area (Å²) in [6, 6.07) is 18.5. The molecule has 23 heavy (non-hydrogen) atoms. The summed E-state index contributed by atoms with van der Waals surface area (Å²) in [6.07, 6.45) is 4.08. The standard InChI is InChI=1S/C20H24ClNO/c21-19-11-9-17(10-12-19)16-23-20(18-7-3-1-4-8-18)15-22-13-5-2-6-14-22/h1,3-4,7-12,20H,2,5-6,13-16H2. The Bertz CT molecular complexity index is 578. The van der Waals surface area contributed by atoms with E-state index in [1.807, 2.05) is 24.3 Å².